The maximum absolute atomic E-state index is 14.8. The highest BCUT2D eigenvalue weighted by atomic mass is 19.1. The minimum atomic E-state index is -0.875. The summed E-state index contributed by atoms with van der Waals surface area (Å²) in [5, 5.41) is 12.8. The average Bonchev–Trinajstić information content (AvgIpc) is 3.06. The summed E-state index contributed by atoms with van der Waals surface area (Å²) in [6.07, 6.45) is 2.40. The van der Waals surface area contributed by atoms with Gasteiger partial charge in [-0.3, -0.25) is 4.79 Å². The third kappa shape index (κ3) is 2.62. The van der Waals surface area contributed by atoms with Gasteiger partial charge in [0.1, 0.15) is 0 Å². The summed E-state index contributed by atoms with van der Waals surface area (Å²) in [6, 6.07) is 3.54. The Labute approximate surface area is 152 Å². The Hall–Kier alpha value is -2.56. The number of aliphatic carboxylic acids is 1. The lowest BCUT2D eigenvalue weighted by molar-refractivity contribution is -0.136. The van der Waals surface area contributed by atoms with Crippen LogP contribution in [0.1, 0.15) is 34.2 Å². The van der Waals surface area contributed by atoms with Gasteiger partial charge in [-0.1, -0.05) is 0 Å². The van der Waals surface area contributed by atoms with E-state index in [2.05, 4.69) is 5.32 Å². The van der Waals surface area contributed by atoms with Gasteiger partial charge in [0.2, 0.25) is 0 Å². The van der Waals surface area contributed by atoms with E-state index in [-0.39, 0.29) is 12.2 Å². The number of carboxylic acid groups (broad SMARTS) is 1. The Bertz CT molecular complexity index is 920. The fourth-order valence-corrected chi connectivity index (χ4v) is 4.27. The number of hydrogen-bond donors (Lipinski definition) is 2. The molecule has 2 aromatic rings. The second-order valence-electron chi connectivity index (χ2n) is 7.11. The topological polar surface area (TPSA) is 58.6 Å². The van der Waals surface area contributed by atoms with Gasteiger partial charge < -0.3 is 15.2 Å². The maximum atomic E-state index is 14.8. The summed E-state index contributed by atoms with van der Waals surface area (Å²) in [6.45, 7) is 5.27. The lowest BCUT2D eigenvalue weighted by atomic mass is 9.84. The molecule has 4 nitrogen and oxygen atoms in total. The molecule has 4 rings (SSSR count). The van der Waals surface area contributed by atoms with Crippen LogP contribution in [0.4, 0.5) is 10.1 Å². The lowest BCUT2D eigenvalue weighted by Crippen LogP contribution is -2.13. The van der Waals surface area contributed by atoms with Gasteiger partial charge in [-0.2, -0.15) is 0 Å². The number of carboxylic acids is 1. The van der Waals surface area contributed by atoms with Crippen LogP contribution < -0.4 is 10.1 Å². The fraction of sp³-hybridized carbons (Fsp3) is 0.381. The number of hydrogen-bond acceptors (Lipinski definition) is 3. The van der Waals surface area contributed by atoms with Crippen molar-refractivity contribution in [3.63, 3.8) is 0 Å². The van der Waals surface area contributed by atoms with Crippen molar-refractivity contribution >= 4 is 11.7 Å². The number of aryl methyl sites for hydroxylation is 1. The monoisotopic (exact) mass is 355 g/mol. The average molecular weight is 355 g/mol. The van der Waals surface area contributed by atoms with Gasteiger partial charge in [0.15, 0.2) is 11.6 Å². The first kappa shape index (κ1) is 16.9. The molecule has 0 radical (unpaired) electrons. The van der Waals surface area contributed by atoms with Crippen molar-refractivity contribution in [3.8, 4) is 16.9 Å². The van der Waals surface area contributed by atoms with Gasteiger partial charge in [-0.25, -0.2) is 4.39 Å². The first-order valence-corrected chi connectivity index (χ1v) is 9.03. The zero-order valence-corrected chi connectivity index (χ0v) is 15.0. The van der Waals surface area contributed by atoms with Crippen LogP contribution >= 0.6 is 0 Å². The van der Waals surface area contributed by atoms with Gasteiger partial charge in [-0.05, 0) is 78.6 Å². The van der Waals surface area contributed by atoms with Crippen LogP contribution in [-0.4, -0.2) is 24.2 Å². The maximum Gasteiger partial charge on any atom is 0.307 e. The Kier molecular flexibility index (Phi) is 4.10. The Balaban J connectivity index is 2.01. The quantitative estimate of drug-likeness (QED) is 0.873. The third-order valence-electron chi connectivity index (χ3n) is 5.49. The van der Waals surface area contributed by atoms with Gasteiger partial charge in [0.25, 0.3) is 0 Å². The second kappa shape index (κ2) is 6.31. The largest absolute Gasteiger partial charge is 0.490 e. The van der Waals surface area contributed by atoms with Crippen LogP contribution in [0, 0.1) is 19.7 Å². The molecule has 0 amide bonds. The molecule has 0 spiro atoms. The molecule has 5 heteroatoms. The summed E-state index contributed by atoms with van der Waals surface area (Å²) < 4.78 is 20.3. The highest BCUT2D eigenvalue weighted by Gasteiger charge is 2.27. The molecule has 0 aliphatic carbocycles. The van der Waals surface area contributed by atoms with Crippen molar-refractivity contribution < 1.29 is 19.0 Å². The lowest BCUT2D eigenvalue weighted by Gasteiger charge is -2.24. The molecule has 26 heavy (non-hydrogen) atoms. The van der Waals surface area contributed by atoms with Crippen LogP contribution in [0.3, 0.4) is 0 Å². The second-order valence-corrected chi connectivity index (χ2v) is 7.11. The van der Waals surface area contributed by atoms with Crippen LogP contribution in [0.25, 0.3) is 11.1 Å². The van der Waals surface area contributed by atoms with Crippen LogP contribution in [0.5, 0.6) is 5.75 Å². The summed E-state index contributed by atoms with van der Waals surface area (Å²) in [5.41, 5.74) is 7.40. The molecule has 2 aromatic carbocycles. The van der Waals surface area contributed by atoms with E-state index in [1.54, 1.807) is 0 Å². The number of ether oxygens (including phenoxy) is 1. The summed E-state index contributed by atoms with van der Waals surface area (Å²) in [7, 11) is 0. The van der Waals surface area contributed by atoms with Crippen molar-refractivity contribution in [1.82, 2.24) is 0 Å². The molecule has 0 saturated carbocycles. The van der Waals surface area contributed by atoms with Crippen molar-refractivity contribution in [2.75, 3.05) is 18.5 Å². The normalized spacial score (nSPS) is 15.0. The number of anilines is 1. The molecular formula is C21H22FNO3. The summed E-state index contributed by atoms with van der Waals surface area (Å²) in [4.78, 5) is 11.5. The van der Waals surface area contributed by atoms with Crippen LogP contribution in [-0.2, 0) is 24.1 Å². The number of carbonyl (C=O) groups is 1. The van der Waals surface area contributed by atoms with E-state index in [4.69, 9.17) is 4.74 Å². The van der Waals surface area contributed by atoms with Crippen molar-refractivity contribution in [2.24, 2.45) is 0 Å². The van der Waals surface area contributed by atoms with E-state index in [0.717, 1.165) is 70.4 Å². The number of benzene rings is 2. The number of nitrogens with one attached hydrogen (secondary N) is 1. The zero-order valence-electron chi connectivity index (χ0n) is 15.0. The van der Waals surface area contributed by atoms with Crippen molar-refractivity contribution in [2.45, 2.75) is 39.5 Å². The predicted molar refractivity (Wildman–Crippen MR) is 98.7 cm³/mol. The zero-order chi connectivity index (χ0) is 18.4. The minimum absolute atomic E-state index is 0.0664. The van der Waals surface area contributed by atoms with Gasteiger partial charge in [0.05, 0.1) is 13.0 Å². The molecule has 2 N–H and O–H groups in total. The van der Waals surface area contributed by atoms with Gasteiger partial charge in [0, 0.05) is 17.8 Å². The molecule has 2 aliphatic rings. The molecule has 0 saturated heterocycles. The van der Waals surface area contributed by atoms with E-state index in [0.29, 0.717) is 12.4 Å². The highest BCUT2D eigenvalue weighted by Crippen LogP contribution is 2.43. The van der Waals surface area contributed by atoms with E-state index in [9.17, 15) is 14.3 Å². The van der Waals surface area contributed by atoms with E-state index < -0.39 is 5.97 Å². The first-order valence-electron chi connectivity index (χ1n) is 9.03. The molecule has 0 bridgehead atoms. The van der Waals surface area contributed by atoms with Crippen molar-refractivity contribution in [1.29, 1.82) is 0 Å². The van der Waals surface area contributed by atoms with Crippen LogP contribution in [0.2, 0.25) is 0 Å². The summed E-state index contributed by atoms with van der Waals surface area (Å²) >= 11 is 0. The number of halogens is 1. The van der Waals surface area contributed by atoms with Gasteiger partial charge in [-0.15, -0.1) is 0 Å². The van der Waals surface area contributed by atoms with E-state index in [1.165, 1.54) is 6.07 Å². The molecule has 0 atom stereocenters. The van der Waals surface area contributed by atoms with E-state index >= 15 is 0 Å². The Morgan fingerprint density at radius 1 is 1.27 bits per heavy atom. The summed E-state index contributed by atoms with van der Waals surface area (Å²) in [5.74, 6) is -0.873. The third-order valence-corrected chi connectivity index (χ3v) is 5.49. The SMILES string of the molecule is Cc1cc2c(c(-c3cc(F)c4c(c3C)CCCO4)c1CC(=O)O)CCN2. The van der Waals surface area contributed by atoms with Crippen molar-refractivity contribution in [3.05, 3.63) is 45.8 Å². The standard InChI is InChI=1S/C21H22FNO3/c1-11-8-18-14(5-6-23-18)20(15(11)10-19(24)25)16-9-17(22)21-13(12(16)2)4-3-7-26-21/h8-9,23H,3-7,10H2,1-2H3,(H,24,25). The predicted octanol–water partition coefficient (Wildman–Crippen LogP) is 4.03. The highest BCUT2D eigenvalue weighted by molar-refractivity contribution is 5.86. The number of rotatable bonds is 3. The fourth-order valence-electron chi connectivity index (χ4n) is 4.27. The molecule has 0 aromatic heterocycles. The van der Waals surface area contributed by atoms with Gasteiger partial charge >= 0.3 is 5.97 Å². The first-order chi connectivity index (χ1) is 12.5. The van der Waals surface area contributed by atoms with Crippen LogP contribution in [0.15, 0.2) is 12.1 Å². The molecule has 2 heterocycles. The molecule has 0 fully saturated rings. The molecular weight excluding hydrogens is 333 g/mol. The molecule has 136 valence electrons. The smallest absolute Gasteiger partial charge is 0.307 e. The molecule has 2 aliphatic heterocycles. The Morgan fingerprint density at radius 2 is 2.08 bits per heavy atom. The van der Waals surface area contributed by atoms with E-state index in [1.807, 2.05) is 19.9 Å². The Morgan fingerprint density at radius 3 is 2.85 bits per heavy atom. The minimum Gasteiger partial charge on any atom is -0.490 e. The molecule has 0 unspecified atom stereocenters. The number of fused-ring (bicyclic) bond motifs is 2.